The maximum Gasteiger partial charge on any atom is 0.311 e. The normalized spacial score (nSPS) is 10.2. The molecule has 0 radical (unpaired) electrons. The molecule has 0 spiro atoms. The van der Waals surface area contributed by atoms with Gasteiger partial charge in [-0.3, -0.25) is 10.1 Å². The van der Waals surface area contributed by atoms with E-state index in [0.29, 0.717) is 13.2 Å². The number of nitrogens with one attached hydrogen (secondary N) is 1. The standard InChI is InChI=1S/C15H17N3O3/c1-11-4-3-5-13(8-11)21-7-6-16-15-14(18(19)20)9-12(2)10-17-15/h3-5,8-10H,6-7H2,1-2H3,(H,16,17). The molecule has 2 rings (SSSR count). The molecule has 0 saturated heterocycles. The number of nitro groups is 1. The molecule has 110 valence electrons. The summed E-state index contributed by atoms with van der Waals surface area (Å²) in [5.74, 6) is 1.04. The van der Waals surface area contributed by atoms with Crippen LogP contribution >= 0.6 is 0 Å². The third-order valence-corrected chi connectivity index (χ3v) is 2.85. The summed E-state index contributed by atoms with van der Waals surface area (Å²) >= 11 is 0. The minimum absolute atomic E-state index is 0.0226. The number of aryl methyl sites for hydroxylation is 2. The van der Waals surface area contributed by atoms with Crippen LogP contribution in [0.2, 0.25) is 0 Å². The SMILES string of the molecule is Cc1cccc(OCCNc2ncc(C)cc2[N+](=O)[O-])c1. The molecule has 0 aliphatic heterocycles. The van der Waals surface area contributed by atoms with E-state index in [4.69, 9.17) is 4.74 Å². The number of rotatable bonds is 6. The summed E-state index contributed by atoms with van der Waals surface area (Å²) in [7, 11) is 0. The zero-order valence-electron chi connectivity index (χ0n) is 12.0. The molecule has 0 amide bonds. The van der Waals surface area contributed by atoms with Crippen LogP contribution < -0.4 is 10.1 Å². The van der Waals surface area contributed by atoms with Crippen molar-refractivity contribution in [2.75, 3.05) is 18.5 Å². The van der Waals surface area contributed by atoms with E-state index in [1.165, 1.54) is 6.07 Å². The molecule has 1 aromatic carbocycles. The average Bonchev–Trinajstić information content (AvgIpc) is 2.44. The second kappa shape index (κ2) is 6.69. The summed E-state index contributed by atoms with van der Waals surface area (Å²) in [6, 6.07) is 9.22. The zero-order chi connectivity index (χ0) is 15.2. The number of nitrogens with zero attached hydrogens (tertiary/aromatic N) is 2. The van der Waals surface area contributed by atoms with Crippen LogP contribution in [0.4, 0.5) is 11.5 Å². The van der Waals surface area contributed by atoms with Crippen molar-refractivity contribution in [3.63, 3.8) is 0 Å². The van der Waals surface area contributed by atoms with Crippen molar-refractivity contribution in [2.45, 2.75) is 13.8 Å². The summed E-state index contributed by atoms with van der Waals surface area (Å²) in [4.78, 5) is 14.6. The van der Waals surface area contributed by atoms with Crippen molar-refractivity contribution >= 4 is 11.5 Å². The first-order chi connectivity index (χ1) is 10.1. The lowest BCUT2D eigenvalue weighted by Crippen LogP contribution is -2.13. The van der Waals surface area contributed by atoms with Crippen LogP contribution in [0.1, 0.15) is 11.1 Å². The molecule has 0 saturated carbocycles. The highest BCUT2D eigenvalue weighted by Gasteiger charge is 2.14. The second-order valence-electron chi connectivity index (χ2n) is 4.73. The van der Waals surface area contributed by atoms with Crippen LogP contribution in [0, 0.1) is 24.0 Å². The number of pyridine rings is 1. The van der Waals surface area contributed by atoms with E-state index in [2.05, 4.69) is 10.3 Å². The molecule has 1 N–H and O–H groups in total. The van der Waals surface area contributed by atoms with Gasteiger partial charge in [0.15, 0.2) is 0 Å². The molecule has 6 heteroatoms. The number of ether oxygens (including phenoxy) is 1. The Morgan fingerprint density at radius 3 is 2.81 bits per heavy atom. The van der Waals surface area contributed by atoms with Gasteiger partial charge in [-0.05, 0) is 37.1 Å². The first-order valence-corrected chi connectivity index (χ1v) is 6.60. The minimum Gasteiger partial charge on any atom is -0.492 e. The van der Waals surface area contributed by atoms with Gasteiger partial charge in [0.1, 0.15) is 12.4 Å². The molecule has 0 fully saturated rings. The molecule has 0 aliphatic carbocycles. The number of hydrogen-bond acceptors (Lipinski definition) is 5. The van der Waals surface area contributed by atoms with Gasteiger partial charge < -0.3 is 10.1 Å². The Labute approximate surface area is 122 Å². The number of aromatic nitrogens is 1. The highest BCUT2D eigenvalue weighted by molar-refractivity contribution is 5.56. The first-order valence-electron chi connectivity index (χ1n) is 6.60. The fourth-order valence-corrected chi connectivity index (χ4v) is 1.87. The van der Waals surface area contributed by atoms with Gasteiger partial charge in [0.05, 0.1) is 11.5 Å². The van der Waals surface area contributed by atoms with E-state index in [-0.39, 0.29) is 11.5 Å². The number of benzene rings is 1. The molecule has 2 aromatic rings. The van der Waals surface area contributed by atoms with E-state index in [1.807, 2.05) is 31.2 Å². The molecule has 0 bridgehead atoms. The molecule has 6 nitrogen and oxygen atoms in total. The maximum absolute atomic E-state index is 11.0. The lowest BCUT2D eigenvalue weighted by Gasteiger charge is -2.09. The first kappa shape index (κ1) is 14.8. The number of hydrogen-bond donors (Lipinski definition) is 1. The van der Waals surface area contributed by atoms with Crippen molar-refractivity contribution in [3.8, 4) is 5.75 Å². The molecular formula is C15H17N3O3. The van der Waals surface area contributed by atoms with Crippen LogP contribution in [0.3, 0.4) is 0 Å². The van der Waals surface area contributed by atoms with Gasteiger partial charge in [-0.2, -0.15) is 0 Å². The number of anilines is 1. The Balaban J connectivity index is 1.90. The maximum atomic E-state index is 11.0. The van der Waals surface area contributed by atoms with E-state index >= 15 is 0 Å². The average molecular weight is 287 g/mol. The minimum atomic E-state index is -0.441. The molecule has 21 heavy (non-hydrogen) atoms. The van der Waals surface area contributed by atoms with E-state index in [0.717, 1.165) is 16.9 Å². The summed E-state index contributed by atoms with van der Waals surface area (Å²) in [5.41, 5.74) is 1.85. The van der Waals surface area contributed by atoms with E-state index in [1.54, 1.807) is 13.1 Å². The van der Waals surface area contributed by atoms with Crippen molar-refractivity contribution in [1.29, 1.82) is 0 Å². The fraction of sp³-hybridized carbons (Fsp3) is 0.267. The van der Waals surface area contributed by atoms with E-state index < -0.39 is 4.92 Å². The van der Waals surface area contributed by atoms with Gasteiger partial charge in [-0.1, -0.05) is 12.1 Å². The molecule has 0 atom stereocenters. The van der Waals surface area contributed by atoms with Crippen LogP contribution in [0.5, 0.6) is 5.75 Å². The van der Waals surface area contributed by atoms with Gasteiger partial charge in [0, 0.05) is 12.3 Å². The van der Waals surface area contributed by atoms with Crippen LogP contribution in [0.15, 0.2) is 36.5 Å². The molecule has 0 aliphatic rings. The molecule has 1 heterocycles. The summed E-state index contributed by atoms with van der Waals surface area (Å²) in [5, 5.41) is 13.9. The highest BCUT2D eigenvalue weighted by atomic mass is 16.6. The van der Waals surface area contributed by atoms with Gasteiger partial charge >= 0.3 is 5.69 Å². The highest BCUT2D eigenvalue weighted by Crippen LogP contribution is 2.22. The Bertz CT molecular complexity index is 644. The van der Waals surface area contributed by atoms with Gasteiger partial charge in [-0.15, -0.1) is 0 Å². The second-order valence-corrected chi connectivity index (χ2v) is 4.73. The smallest absolute Gasteiger partial charge is 0.311 e. The lowest BCUT2D eigenvalue weighted by atomic mass is 10.2. The third-order valence-electron chi connectivity index (χ3n) is 2.85. The van der Waals surface area contributed by atoms with Crippen LogP contribution in [0.25, 0.3) is 0 Å². The summed E-state index contributed by atoms with van der Waals surface area (Å²) < 4.78 is 5.57. The van der Waals surface area contributed by atoms with Crippen molar-refractivity contribution in [2.24, 2.45) is 0 Å². The monoisotopic (exact) mass is 287 g/mol. The Kier molecular flexibility index (Phi) is 4.71. The Morgan fingerprint density at radius 1 is 1.29 bits per heavy atom. The predicted molar refractivity (Wildman–Crippen MR) is 80.8 cm³/mol. The van der Waals surface area contributed by atoms with Gasteiger partial charge in [-0.25, -0.2) is 4.98 Å². The topological polar surface area (TPSA) is 77.3 Å². The van der Waals surface area contributed by atoms with Gasteiger partial charge in [0.25, 0.3) is 0 Å². The summed E-state index contributed by atoms with van der Waals surface area (Å²) in [6.07, 6.45) is 1.59. The molecule has 1 aromatic heterocycles. The molecule has 0 unspecified atom stereocenters. The zero-order valence-corrected chi connectivity index (χ0v) is 12.0. The van der Waals surface area contributed by atoms with E-state index in [9.17, 15) is 10.1 Å². The largest absolute Gasteiger partial charge is 0.492 e. The Morgan fingerprint density at radius 2 is 2.10 bits per heavy atom. The van der Waals surface area contributed by atoms with Crippen molar-refractivity contribution < 1.29 is 9.66 Å². The fourth-order valence-electron chi connectivity index (χ4n) is 1.87. The molecular weight excluding hydrogens is 270 g/mol. The predicted octanol–water partition coefficient (Wildman–Crippen LogP) is 3.10. The van der Waals surface area contributed by atoms with Gasteiger partial charge in [0.2, 0.25) is 5.82 Å². The summed E-state index contributed by atoms with van der Waals surface area (Å²) in [6.45, 7) is 4.59. The quantitative estimate of drug-likeness (QED) is 0.502. The Hall–Kier alpha value is -2.63. The van der Waals surface area contributed by atoms with Crippen LogP contribution in [-0.2, 0) is 0 Å². The van der Waals surface area contributed by atoms with Crippen molar-refractivity contribution in [1.82, 2.24) is 4.98 Å². The third kappa shape index (κ3) is 4.17. The lowest BCUT2D eigenvalue weighted by molar-refractivity contribution is -0.384. The van der Waals surface area contributed by atoms with Crippen molar-refractivity contribution in [3.05, 3.63) is 57.8 Å². The van der Waals surface area contributed by atoms with Crippen LogP contribution in [-0.4, -0.2) is 23.1 Å².